The average molecular weight is 408 g/mol. The number of fused-ring (bicyclic) bond motifs is 1. The lowest BCUT2D eigenvalue weighted by molar-refractivity contribution is -0.120. The fourth-order valence-corrected chi connectivity index (χ4v) is 6.86. The highest BCUT2D eigenvalue weighted by Gasteiger charge is 2.58. The Morgan fingerprint density at radius 3 is 2.52 bits per heavy atom. The van der Waals surface area contributed by atoms with Crippen molar-refractivity contribution >= 4 is 0 Å². The standard InChI is InChI=1S/C24H45N3O2/c1-16-21(25)15-20-22(29)19(7-10-23(16,20)2)24(3)9-6-18(28)14-17(24)8-11-26-12-13-27(4)5/h17-22,26,28-29H,1,6-15,25H2,2-5H3/t17-,18-,19?,20?,21?,22-,23-,24-/m1/s1. The number of rotatable bonds is 7. The summed E-state index contributed by atoms with van der Waals surface area (Å²) < 4.78 is 0. The summed E-state index contributed by atoms with van der Waals surface area (Å²) in [5.41, 5.74) is 7.56. The zero-order valence-electron chi connectivity index (χ0n) is 19.2. The molecule has 168 valence electrons. The maximum absolute atomic E-state index is 11.5. The van der Waals surface area contributed by atoms with Gasteiger partial charge in [0.15, 0.2) is 0 Å². The van der Waals surface area contributed by atoms with Crippen LogP contribution in [-0.4, -0.2) is 67.1 Å². The van der Waals surface area contributed by atoms with E-state index in [2.05, 4.69) is 44.7 Å². The molecule has 0 bridgehead atoms. The Kier molecular flexibility index (Phi) is 7.17. The van der Waals surface area contributed by atoms with Crippen molar-refractivity contribution in [3.05, 3.63) is 12.2 Å². The fraction of sp³-hybridized carbons (Fsp3) is 0.917. The Balaban J connectivity index is 1.69. The van der Waals surface area contributed by atoms with Gasteiger partial charge in [-0.15, -0.1) is 0 Å². The van der Waals surface area contributed by atoms with Crippen LogP contribution >= 0.6 is 0 Å². The third-order valence-electron chi connectivity index (χ3n) is 9.06. The van der Waals surface area contributed by atoms with E-state index >= 15 is 0 Å². The Morgan fingerprint density at radius 2 is 1.83 bits per heavy atom. The predicted molar refractivity (Wildman–Crippen MR) is 120 cm³/mol. The second-order valence-corrected chi connectivity index (χ2v) is 11.0. The second-order valence-electron chi connectivity index (χ2n) is 11.0. The minimum absolute atomic E-state index is 0.0108. The van der Waals surface area contributed by atoms with Crippen LogP contribution in [-0.2, 0) is 0 Å². The first kappa shape index (κ1) is 23.2. The van der Waals surface area contributed by atoms with Crippen molar-refractivity contribution in [2.24, 2.45) is 34.3 Å². The average Bonchev–Trinajstić information content (AvgIpc) is 2.89. The van der Waals surface area contributed by atoms with Gasteiger partial charge in [-0.1, -0.05) is 26.0 Å². The van der Waals surface area contributed by atoms with Crippen LogP contribution in [0.3, 0.4) is 0 Å². The number of hydrogen-bond acceptors (Lipinski definition) is 5. The zero-order chi connectivity index (χ0) is 21.4. The molecule has 0 saturated heterocycles. The van der Waals surface area contributed by atoms with Crippen LogP contribution in [0.1, 0.15) is 58.8 Å². The molecule has 29 heavy (non-hydrogen) atoms. The van der Waals surface area contributed by atoms with Gasteiger partial charge in [-0.2, -0.15) is 0 Å². The van der Waals surface area contributed by atoms with Gasteiger partial charge < -0.3 is 26.2 Å². The van der Waals surface area contributed by atoms with Crippen LogP contribution in [0.2, 0.25) is 0 Å². The third kappa shape index (κ3) is 4.45. The molecule has 0 aromatic rings. The number of nitrogens with zero attached hydrogens (tertiary/aromatic N) is 1. The Labute approximate surface area is 178 Å². The summed E-state index contributed by atoms with van der Waals surface area (Å²) in [7, 11) is 4.19. The molecule has 0 aliphatic heterocycles. The van der Waals surface area contributed by atoms with Gasteiger partial charge in [0.1, 0.15) is 0 Å². The van der Waals surface area contributed by atoms with Gasteiger partial charge in [0.2, 0.25) is 0 Å². The van der Waals surface area contributed by atoms with E-state index in [1.165, 1.54) is 0 Å². The van der Waals surface area contributed by atoms with Gasteiger partial charge in [0, 0.05) is 19.1 Å². The topological polar surface area (TPSA) is 81.8 Å². The molecular weight excluding hydrogens is 362 g/mol. The van der Waals surface area contributed by atoms with Crippen molar-refractivity contribution in [1.82, 2.24) is 10.2 Å². The highest BCUT2D eigenvalue weighted by molar-refractivity contribution is 5.26. The van der Waals surface area contributed by atoms with Crippen molar-refractivity contribution in [3.8, 4) is 0 Å². The zero-order valence-corrected chi connectivity index (χ0v) is 19.2. The maximum Gasteiger partial charge on any atom is 0.0610 e. The lowest BCUT2D eigenvalue weighted by Crippen LogP contribution is -2.53. The molecule has 0 heterocycles. The van der Waals surface area contributed by atoms with Gasteiger partial charge in [-0.25, -0.2) is 0 Å². The quantitative estimate of drug-likeness (QED) is 0.385. The smallest absolute Gasteiger partial charge is 0.0610 e. The molecule has 8 atom stereocenters. The first-order chi connectivity index (χ1) is 13.6. The first-order valence-electron chi connectivity index (χ1n) is 11.8. The molecule has 3 aliphatic carbocycles. The Bertz CT molecular complexity index is 582. The molecule has 0 aromatic carbocycles. The third-order valence-corrected chi connectivity index (χ3v) is 9.06. The van der Waals surface area contributed by atoms with Crippen LogP contribution in [0, 0.1) is 28.6 Å². The number of likely N-dealkylation sites (N-methyl/N-ethyl adjacent to an activating group) is 1. The van der Waals surface area contributed by atoms with Crippen LogP contribution in [0.15, 0.2) is 12.2 Å². The number of aliphatic hydroxyl groups is 2. The lowest BCUT2D eigenvalue weighted by atomic mass is 9.51. The van der Waals surface area contributed by atoms with Crippen molar-refractivity contribution in [2.45, 2.75) is 77.0 Å². The van der Waals surface area contributed by atoms with E-state index in [1.54, 1.807) is 0 Å². The minimum atomic E-state index is -0.316. The number of hydrogen-bond donors (Lipinski definition) is 4. The van der Waals surface area contributed by atoms with Crippen LogP contribution < -0.4 is 11.1 Å². The highest BCUT2D eigenvalue weighted by atomic mass is 16.3. The van der Waals surface area contributed by atoms with Gasteiger partial charge in [-0.3, -0.25) is 0 Å². The van der Waals surface area contributed by atoms with Crippen molar-refractivity contribution in [1.29, 1.82) is 0 Å². The molecule has 3 aliphatic rings. The number of aliphatic hydroxyl groups excluding tert-OH is 2. The molecule has 3 saturated carbocycles. The molecule has 0 radical (unpaired) electrons. The summed E-state index contributed by atoms with van der Waals surface area (Å²) in [5.74, 6) is 0.963. The summed E-state index contributed by atoms with van der Waals surface area (Å²) in [5, 5.41) is 25.5. The summed E-state index contributed by atoms with van der Waals surface area (Å²) in [6.45, 7) is 12.0. The van der Waals surface area contributed by atoms with E-state index in [1.807, 2.05) is 0 Å². The maximum atomic E-state index is 11.5. The van der Waals surface area contributed by atoms with Crippen LogP contribution in [0.5, 0.6) is 0 Å². The molecule has 5 heteroatoms. The summed E-state index contributed by atoms with van der Waals surface area (Å²) >= 11 is 0. The van der Waals surface area contributed by atoms with E-state index in [0.717, 1.165) is 70.2 Å². The molecule has 3 unspecified atom stereocenters. The van der Waals surface area contributed by atoms with Gasteiger partial charge in [0.25, 0.3) is 0 Å². The molecule has 5 N–H and O–H groups in total. The van der Waals surface area contributed by atoms with E-state index < -0.39 is 0 Å². The monoisotopic (exact) mass is 407 g/mol. The van der Waals surface area contributed by atoms with Crippen molar-refractivity contribution in [2.75, 3.05) is 33.7 Å². The molecular formula is C24H45N3O2. The Morgan fingerprint density at radius 1 is 1.10 bits per heavy atom. The normalized spacial score (nSPS) is 45.6. The molecule has 5 nitrogen and oxygen atoms in total. The fourth-order valence-electron chi connectivity index (χ4n) is 6.86. The van der Waals surface area contributed by atoms with Crippen molar-refractivity contribution < 1.29 is 10.2 Å². The van der Waals surface area contributed by atoms with Crippen molar-refractivity contribution in [3.63, 3.8) is 0 Å². The largest absolute Gasteiger partial charge is 0.393 e. The number of nitrogens with one attached hydrogen (secondary N) is 1. The summed E-state index contributed by atoms with van der Waals surface area (Å²) in [6, 6.07) is 0.0241. The van der Waals surface area contributed by atoms with E-state index in [-0.39, 0.29) is 40.9 Å². The molecule has 0 aromatic heterocycles. The molecule has 0 amide bonds. The lowest BCUT2D eigenvalue weighted by Gasteiger charge is -2.55. The van der Waals surface area contributed by atoms with Crippen LogP contribution in [0.25, 0.3) is 0 Å². The predicted octanol–water partition coefficient (Wildman–Crippen LogP) is 2.38. The summed E-state index contributed by atoms with van der Waals surface area (Å²) in [6.07, 6.45) is 6.27. The minimum Gasteiger partial charge on any atom is -0.393 e. The van der Waals surface area contributed by atoms with Gasteiger partial charge in [-0.05, 0) is 94.2 Å². The second kappa shape index (κ2) is 8.96. The molecule has 0 spiro atoms. The highest BCUT2D eigenvalue weighted by Crippen LogP contribution is 2.61. The SMILES string of the molecule is C=C1C(N)CC2[C@H](O)C([C@]3(C)CC[C@@H](O)C[C@H]3CCNCCN(C)C)CC[C@]12C. The number of nitrogens with two attached hydrogens (primary N) is 1. The van der Waals surface area contributed by atoms with Gasteiger partial charge in [0.05, 0.1) is 12.2 Å². The van der Waals surface area contributed by atoms with E-state index in [4.69, 9.17) is 5.73 Å². The van der Waals surface area contributed by atoms with Crippen LogP contribution in [0.4, 0.5) is 0 Å². The van der Waals surface area contributed by atoms with E-state index in [0.29, 0.717) is 5.92 Å². The van der Waals surface area contributed by atoms with Gasteiger partial charge >= 0.3 is 0 Å². The summed E-state index contributed by atoms with van der Waals surface area (Å²) in [4.78, 5) is 2.19. The molecule has 3 fully saturated rings. The Hall–Kier alpha value is -0.460. The first-order valence-corrected chi connectivity index (χ1v) is 11.8. The molecule has 3 rings (SSSR count). The van der Waals surface area contributed by atoms with E-state index in [9.17, 15) is 10.2 Å².